The molecule has 0 bridgehead atoms. The van der Waals surface area contributed by atoms with E-state index in [9.17, 15) is 17.6 Å². The van der Waals surface area contributed by atoms with Crippen LogP contribution in [-0.4, -0.2) is 25.2 Å². The van der Waals surface area contributed by atoms with Crippen LogP contribution < -0.4 is 0 Å². The Bertz CT molecular complexity index is 1120. The predicted octanol–water partition coefficient (Wildman–Crippen LogP) is 5.24. The average molecular weight is 437 g/mol. The van der Waals surface area contributed by atoms with Crippen LogP contribution in [0.25, 0.3) is 16.3 Å². The highest BCUT2D eigenvalue weighted by Crippen LogP contribution is 2.32. The number of aromatic nitrogens is 5. The van der Waals surface area contributed by atoms with E-state index in [0.29, 0.717) is 27.2 Å². The summed E-state index contributed by atoms with van der Waals surface area (Å²) in [5, 5.41) is 14.4. The van der Waals surface area contributed by atoms with Crippen LogP contribution in [0.2, 0.25) is 0 Å². The van der Waals surface area contributed by atoms with E-state index in [1.165, 1.54) is 52.0 Å². The standard InChI is InChI=1S/C18H11F4N5S2/c19-13-2-1-3-15(8-13)27-17(24-25-26-27)29-10-14-9-28-16(23-14)11-4-6-12(7-5-11)18(20,21)22/h1-9H,10H2. The van der Waals surface area contributed by atoms with Gasteiger partial charge in [0, 0.05) is 16.7 Å². The highest BCUT2D eigenvalue weighted by molar-refractivity contribution is 7.98. The molecule has 0 aliphatic carbocycles. The van der Waals surface area contributed by atoms with Crippen molar-refractivity contribution in [3.63, 3.8) is 0 Å². The molecule has 4 aromatic rings. The molecular weight excluding hydrogens is 426 g/mol. The van der Waals surface area contributed by atoms with Gasteiger partial charge in [-0.25, -0.2) is 9.37 Å². The molecule has 0 saturated heterocycles. The largest absolute Gasteiger partial charge is 0.416 e. The van der Waals surface area contributed by atoms with Gasteiger partial charge < -0.3 is 0 Å². The second-order valence-corrected chi connectivity index (χ2v) is 7.66. The summed E-state index contributed by atoms with van der Waals surface area (Å²) < 4.78 is 52.9. The highest BCUT2D eigenvalue weighted by Gasteiger charge is 2.30. The first kappa shape index (κ1) is 19.5. The number of benzene rings is 2. The fourth-order valence-electron chi connectivity index (χ4n) is 2.48. The molecule has 0 radical (unpaired) electrons. The van der Waals surface area contributed by atoms with Crippen LogP contribution >= 0.6 is 23.1 Å². The van der Waals surface area contributed by atoms with Gasteiger partial charge >= 0.3 is 6.18 Å². The molecule has 0 aliphatic rings. The van der Waals surface area contributed by atoms with Crippen molar-refractivity contribution in [3.8, 4) is 16.3 Å². The number of rotatable bonds is 5. The third-order valence-corrected chi connectivity index (χ3v) is 5.75. The molecule has 29 heavy (non-hydrogen) atoms. The van der Waals surface area contributed by atoms with Crippen LogP contribution in [0.5, 0.6) is 0 Å². The molecule has 148 valence electrons. The third kappa shape index (κ3) is 4.46. The van der Waals surface area contributed by atoms with E-state index in [0.717, 1.165) is 17.8 Å². The molecule has 2 heterocycles. The minimum Gasteiger partial charge on any atom is -0.240 e. The molecular formula is C18H11F4N5S2. The smallest absolute Gasteiger partial charge is 0.240 e. The molecule has 2 aromatic carbocycles. The molecule has 0 aliphatic heterocycles. The van der Waals surface area contributed by atoms with Gasteiger partial charge in [0.05, 0.1) is 16.9 Å². The van der Waals surface area contributed by atoms with Gasteiger partial charge in [-0.2, -0.15) is 17.9 Å². The number of tetrazole rings is 1. The monoisotopic (exact) mass is 437 g/mol. The van der Waals surface area contributed by atoms with E-state index >= 15 is 0 Å². The molecule has 0 N–H and O–H groups in total. The third-order valence-electron chi connectivity index (χ3n) is 3.85. The number of alkyl halides is 3. The lowest BCUT2D eigenvalue weighted by Crippen LogP contribution is -2.03. The normalized spacial score (nSPS) is 11.7. The van der Waals surface area contributed by atoms with Gasteiger partial charge in [0.15, 0.2) is 0 Å². The number of thioether (sulfide) groups is 1. The molecule has 0 atom stereocenters. The topological polar surface area (TPSA) is 56.5 Å². The SMILES string of the molecule is Fc1cccc(-n2nnnc2SCc2csc(-c3ccc(C(F)(F)F)cc3)n2)c1. The van der Waals surface area contributed by atoms with Crippen molar-refractivity contribution in [2.24, 2.45) is 0 Å². The lowest BCUT2D eigenvalue weighted by molar-refractivity contribution is -0.137. The maximum atomic E-state index is 13.4. The molecule has 0 saturated carbocycles. The maximum Gasteiger partial charge on any atom is 0.416 e. The number of thiazole rings is 1. The fraction of sp³-hybridized carbons (Fsp3) is 0.111. The molecule has 5 nitrogen and oxygen atoms in total. The van der Waals surface area contributed by atoms with E-state index in [1.807, 2.05) is 5.38 Å². The Labute approximate surface area is 170 Å². The van der Waals surface area contributed by atoms with Crippen molar-refractivity contribution in [2.75, 3.05) is 0 Å². The summed E-state index contributed by atoms with van der Waals surface area (Å²) in [5.41, 5.74) is 1.16. The van der Waals surface area contributed by atoms with Crippen molar-refractivity contribution in [3.05, 3.63) is 71.0 Å². The van der Waals surface area contributed by atoms with Gasteiger partial charge in [0.1, 0.15) is 10.8 Å². The Kier molecular flexibility index (Phi) is 5.33. The Morgan fingerprint density at radius 2 is 1.86 bits per heavy atom. The van der Waals surface area contributed by atoms with Crippen LogP contribution in [-0.2, 0) is 11.9 Å². The number of nitrogens with zero attached hydrogens (tertiary/aromatic N) is 5. The Hall–Kier alpha value is -2.79. The molecule has 4 rings (SSSR count). The molecule has 0 amide bonds. The van der Waals surface area contributed by atoms with Crippen LogP contribution in [0.4, 0.5) is 17.6 Å². The number of halogens is 4. The van der Waals surface area contributed by atoms with Crippen LogP contribution in [0, 0.1) is 5.82 Å². The fourth-order valence-corrected chi connectivity index (χ4v) is 4.20. The quantitative estimate of drug-likeness (QED) is 0.316. The maximum absolute atomic E-state index is 13.4. The molecule has 0 spiro atoms. The van der Waals surface area contributed by atoms with Crippen LogP contribution in [0.1, 0.15) is 11.3 Å². The lowest BCUT2D eigenvalue weighted by atomic mass is 10.1. The second kappa shape index (κ2) is 7.91. The number of hydrogen-bond acceptors (Lipinski definition) is 6. The summed E-state index contributed by atoms with van der Waals surface area (Å²) in [4.78, 5) is 4.47. The summed E-state index contributed by atoms with van der Waals surface area (Å²) in [5.74, 6) is 0.0574. The highest BCUT2D eigenvalue weighted by atomic mass is 32.2. The van der Waals surface area contributed by atoms with Crippen LogP contribution in [0.3, 0.4) is 0 Å². The summed E-state index contributed by atoms with van der Waals surface area (Å²) in [7, 11) is 0. The first-order valence-electron chi connectivity index (χ1n) is 8.19. The van der Waals surface area contributed by atoms with Gasteiger partial charge in [-0.3, -0.25) is 0 Å². The van der Waals surface area contributed by atoms with E-state index in [2.05, 4.69) is 20.5 Å². The van der Waals surface area contributed by atoms with E-state index in [-0.39, 0.29) is 0 Å². The summed E-state index contributed by atoms with van der Waals surface area (Å²) in [6, 6.07) is 10.8. The first-order valence-corrected chi connectivity index (χ1v) is 10.1. The first-order chi connectivity index (χ1) is 13.9. The zero-order valence-electron chi connectivity index (χ0n) is 14.5. The molecule has 0 fully saturated rings. The summed E-state index contributed by atoms with van der Waals surface area (Å²) in [6.45, 7) is 0. The Morgan fingerprint density at radius 3 is 2.59 bits per heavy atom. The van der Waals surface area contributed by atoms with Gasteiger partial charge in [-0.1, -0.05) is 30.0 Å². The molecule has 11 heteroatoms. The Morgan fingerprint density at radius 1 is 1.07 bits per heavy atom. The van der Waals surface area contributed by atoms with E-state index < -0.39 is 17.6 Å². The minimum absolute atomic E-state index is 0.394. The van der Waals surface area contributed by atoms with Gasteiger partial charge in [0.2, 0.25) is 5.16 Å². The van der Waals surface area contributed by atoms with Crippen molar-refractivity contribution in [2.45, 2.75) is 17.1 Å². The summed E-state index contributed by atoms with van der Waals surface area (Å²) in [6.07, 6.45) is -4.37. The lowest BCUT2D eigenvalue weighted by Gasteiger charge is -2.06. The van der Waals surface area contributed by atoms with Gasteiger partial charge in [0.25, 0.3) is 0 Å². The summed E-state index contributed by atoms with van der Waals surface area (Å²) >= 11 is 2.66. The van der Waals surface area contributed by atoms with E-state index in [4.69, 9.17) is 0 Å². The van der Waals surface area contributed by atoms with Crippen molar-refractivity contribution >= 4 is 23.1 Å². The van der Waals surface area contributed by atoms with Gasteiger partial charge in [-0.15, -0.1) is 16.4 Å². The molecule has 2 aromatic heterocycles. The second-order valence-electron chi connectivity index (χ2n) is 5.86. The van der Waals surface area contributed by atoms with E-state index in [1.54, 1.807) is 12.1 Å². The van der Waals surface area contributed by atoms with Crippen molar-refractivity contribution in [1.29, 1.82) is 0 Å². The average Bonchev–Trinajstić information content (AvgIpc) is 3.35. The zero-order valence-corrected chi connectivity index (χ0v) is 16.1. The number of hydrogen-bond donors (Lipinski definition) is 0. The Balaban J connectivity index is 1.46. The molecule has 0 unspecified atom stereocenters. The van der Waals surface area contributed by atoms with Crippen molar-refractivity contribution in [1.82, 2.24) is 25.2 Å². The van der Waals surface area contributed by atoms with Gasteiger partial charge in [-0.05, 0) is 40.8 Å². The zero-order chi connectivity index (χ0) is 20.4. The predicted molar refractivity (Wildman–Crippen MR) is 101 cm³/mol. The minimum atomic E-state index is -4.37. The van der Waals surface area contributed by atoms with Crippen LogP contribution in [0.15, 0.2) is 59.1 Å². The van der Waals surface area contributed by atoms with Crippen molar-refractivity contribution < 1.29 is 17.6 Å².